The van der Waals surface area contributed by atoms with Crippen LogP contribution < -0.4 is 0 Å². The van der Waals surface area contributed by atoms with Crippen LogP contribution in [0.25, 0.3) is 0 Å². The van der Waals surface area contributed by atoms with Crippen molar-refractivity contribution >= 4 is 11.8 Å². The predicted molar refractivity (Wildman–Crippen MR) is 54.0 cm³/mol. The molecule has 0 spiro atoms. The van der Waals surface area contributed by atoms with Crippen molar-refractivity contribution < 1.29 is 9.63 Å². The molecule has 1 aromatic heterocycles. The van der Waals surface area contributed by atoms with Gasteiger partial charge in [0.25, 0.3) is 0 Å². The molecule has 14 heavy (non-hydrogen) atoms. The van der Waals surface area contributed by atoms with Gasteiger partial charge in [0.15, 0.2) is 5.82 Å². The van der Waals surface area contributed by atoms with Gasteiger partial charge in [-0.15, -0.1) is 11.8 Å². The Bertz CT molecular complexity index is 297. The third-order valence-corrected chi connectivity index (χ3v) is 3.71. The number of aromatic nitrogens is 2. The largest absolute Gasteiger partial charge is 0.385 e. The van der Waals surface area contributed by atoms with Gasteiger partial charge in [0, 0.05) is 0 Å². The summed E-state index contributed by atoms with van der Waals surface area (Å²) in [4.78, 5) is 4.21. The van der Waals surface area contributed by atoms with Gasteiger partial charge in [-0.1, -0.05) is 12.1 Å². The number of hydrogen-bond donors (Lipinski definition) is 1. The molecule has 1 N–H and O–H groups in total. The molecule has 1 aliphatic rings. The van der Waals surface area contributed by atoms with Crippen molar-refractivity contribution in [2.75, 3.05) is 5.75 Å². The topological polar surface area (TPSA) is 59.2 Å². The molecular weight excluding hydrogens is 200 g/mol. The minimum Gasteiger partial charge on any atom is -0.385 e. The maximum Gasteiger partial charge on any atom is 0.239 e. The lowest BCUT2D eigenvalue weighted by molar-refractivity contribution is 0.159. The van der Waals surface area contributed by atoms with Gasteiger partial charge in [-0.2, -0.15) is 4.98 Å². The first-order chi connectivity index (χ1) is 6.81. The van der Waals surface area contributed by atoms with E-state index in [9.17, 15) is 5.11 Å². The van der Waals surface area contributed by atoms with Crippen molar-refractivity contribution in [1.82, 2.24) is 10.1 Å². The van der Waals surface area contributed by atoms with Crippen LogP contribution in [0.4, 0.5) is 0 Å². The summed E-state index contributed by atoms with van der Waals surface area (Å²) in [7, 11) is 0. The molecule has 1 aliphatic heterocycles. The molecule has 1 saturated heterocycles. The molecule has 78 valence electrons. The van der Waals surface area contributed by atoms with E-state index < -0.39 is 6.10 Å². The quantitative estimate of drug-likeness (QED) is 0.834. The maximum absolute atomic E-state index is 9.49. The van der Waals surface area contributed by atoms with Crippen LogP contribution in [-0.2, 0) is 0 Å². The summed E-state index contributed by atoms with van der Waals surface area (Å²) >= 11 is 1.85. The lowest BCUT2D eigenvalue weighted by Gasteiger charge is -2.00. The van der Waals surface area contributed by atoms with E-state index in [0.29, 0.717) is 23.4 Å². The van der Waals surface area contributed by atoms with E-state index in [2.05, 4.69) is 10.1 Å². The molecule has 2 unspecified atom stereocenters. The van der Waals surface area contributed by atoms with Crippen LogP contribution in [0.5, 0.6) is 0 Å². The molecule has 1 aromatic rings. The Morgan fingerprint density at radius 1 is 1.71 bits per heavy atom. The van der Waals surface area contributed by atoms with E-state index in [4.69, 9.17) is 4.52 Å². The van der Waals surface area contributed by atoms with Gasteiger partial charge in [-0.25, -0.2) is 0 Å². The van der Waals surface area contributed by atoms with E-state index >= 15 is 0 Å². The fourth-order valence-electron chi connectivity index (χ4n) is 1.47. The van der Waals surface area contributed by atoms with Crippen LogP contribution in [0.15, 0.2) is 4.52 Å². The summed E-state index contributed by atoms with van der Waals surface area (Å²) in [5.74, 6) is 2.27. The summed E-state index contributed by atoms with van der Waals surface area (Å²) in [5, 5.41) is 13.6. The third kappa shape index (κ3) is 1.93. The SMILES string of the molecule is CCC(O)c1noc(C2CCCS2)n1. The predicted octanol–water partition coefficient (Wildman–Crippen LogP) is 2.08. The Hall–Kier alpha value is -0.550. The lowest BCUT2D eigenvalue weighted by Crippen LogP contribution is -1.98. The smallest absolute Gasteiger partial charge is 0.239 e. The molecule has 2 heterocycles. The van der Waals surface area contributed by atoms with Crippen molar-refractivity contribution in [3.8, 4) is 0 Å². The fraction of sp³-hybridized carbons (Fsp3) is 0.778. The molecule has 0 aromatic carbocycles. The van der Waals surface area contributed by atoms with Gasteiger partial charge in [0.1, 0.15) is 6.10 Å². The standard InChI is InChI=1S/C9H14N2O2S/c1-2-6(12)8-10-9(13-11-8)7-4-3-5-14-7/h6-7,12H,2-5H2,1H3. The molecule has 0 amide bonds. The minimum atomic E-state index is -0.584. The molecule has 0 saturated carbocycles. The maximum atomic E-state index is 9.49. The van der Waals surface area contributed by atoms with Gasteiger partial charge in [-0.05, 0) is 25.0 Å². The molecule has 4 nitrogen and oxygen atoms in total. The lowest BCUT2D eigenvalue weighted by atomic mass is 10.2. The zero-order chi connectivity index (χ0) is 9.97. The highest BCUT2D eigenvalue weighted by molar-refractivity contribution is 7.99. The van der Waals surface area contributed by atoms with E-state index in [-0.39, 0.29) is 0 Å². The first kappa shape index (κ1) is 9.98. The molecule has 1 fully saturated rings. The zero-order valence-electron chi connectivity index (χ0n) is 8.14. The monoisotopic (exact) mass is 214 g/mol. The van der Waals surface area contributed by atoms with E-state index in [1.165, 1.54) is 12.2 Å². The van der Waals surface area contributed by atoms with E-state index in [1.54, 1.807) is 0 Å². The van der Waals surface area contributed by atoms with Crippen LogP contribution in [-0.4, -0.2) is 21.0 Å². The van der Waals surface area contributed by atoms with Crippen molar-refractivity contribution in [3.05, 3.63) is 11.7 Å². The highest BCUT2D eigenvalue weighted by Gasteiger charge is 2.24. The summed E-state index contributed by atoms with van der Waals surface area (Å²) in [6.07, 6.45) is 2.35. The van der Waals surface area contributed by atoms with Gasteiger partial charge >= 0.3 is 0 Å². The average Bonchev–Trinajstić information content (AvgIpc) is 2.86. The Kier molecular flexibility index (Phi) is 3.08. The van der Waals surface area contributed by atoms with Gasteiger partial charge in [0.05, 0.1) is 5.25 Å². The van der Waals surface area contributed by atoms with Crippen molar-refractivity contribution in [2.24, 2.45) is 0 Å². The molecule has 0 bridgehead atoms. The fourth-order valence-corrected chi connectivity index (χ4v) is 2.66. The number of aliphatic hydroxyl groups is 1. The average molecular weight is 214 g/mol. The number of nitrogens with zero attached hydrogens (tertiary/aromatic N) is 2. The summed E-state index contributed by atoms with van der Waals surface area (Å²) in [6.45, 7) is 1.89. The number of aliphatic hydroxyl groups excluding tert-OH is 1. The van der Waals surface area contributed by atoms with Gasteiger partial charge in [-0.3, -0.25) is 0 Å². The zero-order valence-corrected chi connectivity index (χ0v) is 8.96. The number of rotatable bonds is 3. The molecule has 2 atom stereocenters. The highest BCUT2D eigenvalue weighted by Crippen LogP contribution is 2.39. The summed E-state index contributed by atoms with van der Waals surface area (Å²) in [6, 6.07) is 0. The summed E-state index contributed by atoms with van der Waals surface area (Å²) < 4.78 is 5.13. The molecule has 0 aliphatic carbocycles. The van der Waals surface area contributed by atoms with Crippen LogP contribution in [0, 0.1) is 0 Å². The van der Waals surface area contributed by atoms with E-state index in [1.807, 2.05) is 18.7 Å². The normalized spacial score (nSPS) is 24.0. The number of thioether (sulfide) groups is 1. The van der Waals surface area contributed by atoms with Crippen molar-refractivity contribution in [3.63, 3.8) is 0 Å². The minimum absolute atomic E-state index is 0.348. The second-order valence-electron chi connectivity index (χ2n) is 3.42. The Balaban J connectivity index is 2.08. The molecule has 0 radical (unpaired) electrons. The Morgan fingerprint density at radius 2 is 2.57 bits per heavy atom. The summed E-state index contributed by atoms with van der Waals surface area (Å²) in [5.41, 5.74) is 0. The van der Waals surface area contributed by atoms with Gasteiger partial charge < -0.3 is 9.63 Å². The van der Waals surface area contributed by atoms with Crippen LogP contribution in [0.1, 0.15) is 49.3 Å². The first-order valence-corrected chi connectivity index (χ1v) is 5.99. The Labute approximate surface area is 87.1 Å². The van der Waals surface area contributed by atoms with Crippen molar-refractivity contribution in [2.45, 2.75) is 37.5 Å². The highest BCUT2D eigenvalue weighted by atomic mass is 32.2. The second-order valence-corrected chi connectivity index (χ2v) is 4.73. The number of hydrogen-bond acceptors (Lipinski definition) is 5. The second kappa shape index (κ2) is 4.31. The van der Waals surface area contributed by atoms with Crippen LogP contribution in [0.2, 0.25) is 0 Å². The van der Waals surface area contributed by atoms with Crippen molar-refractivity contribution in [1.29, 1.82) is 0 Å². The molecular formula is C9H14N2O2S. The van der Waals surface area contributed by atoms with E-state index in [0.717, 1.165) is 6.42 Å². The van der Waals surface area contributed by atoms with Crippen LogP contribution >= 0.6 is 11.8 Å². The van der Waals surface area contributed by atoms with Crippen LogP contribution in [0.3, 0.4) is 0 Å². The van der Waals surface area contributed by atoms with Gasteiger partial charge in [0.2, 0.25) is 5.89 Å². The molecule has 2 rings (SSSR count). The first-order valence-electron chi connectivity index (χ1n) is 4.94. The third-order valence-electron chi connectivity index (χ3n) is 2.35. The molecule has 5 heteroatoms. The Morgan fingerprint density at radius 3 is 3.21 bits per heavy atom.